The molecule has 0 amide bonds. The first-order valence-electron chi connectivity index (χ1n) is 7.38. The minimum Gasteiger partial charge on any atom is -0.480 e. The number of rotatable bonds is 10. The molecule has 0 aliphatic heterocycles. The molecule has 1 rings (SSSR count). The van der Waals surface area contributed by atoms with E-state index in [2.05, 4.69) is 16.6 Å². The van der Waals surface area contributed by atoms with Gasteiger partial charge in [-0.15, -0.1) is 19.8 Å². The molecule has 0 unspecified atom stereocenters. The fraction of sp³-hybridized carbons (Fsp3) is 0.438. The normalized spacial score (nSPS) is 12.5. The van der Waals surface area contributed by atoms with Crippen LogP contribution in [-0.4, -0.2) is 23.5 Å². The maximum absolute atomic E-state index is 13.6. The van der Waals surface area contributed by atoms with E-state index < -0.39 is 29.9 Å². The number of carbonyl (C=O) groups is 1. The second-order valence-electron chi connectivity index (χ2n) is 5.15. The summed E-state index contributed by atoms with van der Waals surface area (Å²) in [5.41, 5.74) is 0.0699. The van der Waals surface area contributed by atoms with Gasteiger partial charge in [0.2, 0.25) is 0 Å². The van der Waals surface area contributed by atoms with Crippen molar-refractivity contribution in [2.45, 2.75) is 44.5 Å². The standard InChI is InChI=1S/C16H19F4NO3/c1-2-3-4-5-6-7-13(15(22)23)21-11-8-9-14(12(17)10-11)24-16(18,19)20/h2,8-10,13,21H,1,3-7H2,(H,22,23)/t13-/m0/s1. The first kappa shape index (κ1) is 19.8. The molecule has 0 saturated carbocycles. The molecule has 0 aliphatic rings. The largest absolute Gasteiger partial charge is 0.573 e. The molecule has 0 heterocycles. The van der Waals surface area contributed by atoms with Gasteiger partial charge in [-0.1, -0.05) is 18.9 Å². The van der Waals surface area contributed by atoms with Crippen LogP contribution >= 0.6 is 0 Å². The van der Waals surface area contributed by atoms with E-state index in [-0.39, 0.29) is 5.69 Å². The van der Waals surface area contributed by atoms with Gasteiger partial charge in [0.15, 0.2) is 11.6 Å². The van der Waals surface area contributed by atoms with Crippen LogP contribution in [0.1, 0.15) is 32.1 Å². The van der Waals surface area contributed by atoms with Gasteiger partial charge in [-0.3, -0.25) is 0 Å². The van der Waals surface area contributed by atoms with Crippen LogP contribution in [0.2, 0.25) is 0 Å². The molecule has 1 atom stereocenters. The number of benzene rings is 1. The van der Waals surface area contributed by atoms with Gasteiger partial charge in [-0.2, -0.15) is 0 Å². The highest BCUT2D eigenvalue weighted by Gasteiger charge is 2.32. The molecule has 0 saturated heterocycles. The maximum Gasteiger partial charge on any atom is 0.573 e. The van der Waals surface area contributed by atoms with Crippen LogP contribution in [-0.2, 0) is 4.79 Å². The Bertz CT molecular complexity index is 561. The van der Waals surface area contributed by atoms with Crippen molar-refractivity contribution in [2.75, 3.05) is 5.32 Å². The SMILES string of the molecule is C=CCCCCC[C@H](Nc1ccc(OC(F)(F)F)c(F)c1)C(=O)O. The van der Waals surface area contributed by atoms with Crippen molar-refractivity contribution in [1.29, 1.82) is 0 Å². The number of carboxylic acid groups (broad SMARTS) is 1. The number of halogens is 4. The molecule has 8 heteroatoms. The summed E-state index contributed by atoms with van der Waals surface area (Å²) >= 11 is 0. The lowest BCUT2D eigenvalue weighted by atomic mass is 10.1. The first-order chi connectivity index (χ1) is 11.2. The number of aliphatic carboxylic acids is 1. The summed E-state index contributed by atoms with van der Waals surface area (Å²) in [6.45, 7) is 3.59. The number of carboxylic acids is 1. The Morgan fingerprint density at radius 3 is 2.58 bits per heavy atom. The fourth-order valence-electron chi connectivity index (χ4n) is 2.07. The Hall–Kier alpha value is -2.25. The van der Waals surface area contributed by atoms with E-state index in [0.717, 1.165) is 37.5 Å². The zero-order valence-electron chi connectivity index (χ0n) is 12.9. The van der Waals surface area contributed by atoms with Crippen molar-refractivity contribution in [3.8, 4) is 5.75 Å². The van der Waals surface area contributed by atoms with Gasteiger partial charge >= 0.3 is 12.3 Å². The predicted molar refractivity (Wildman–Crippen MR) is 81.4 cm³/mol. The highest BCUT2D eigenvalue weighted by molar-refractivity contribution is 5.77. The number of allylic oxidation sites excluding steroid dienone is 1. The maximum atomic E-state index is 13.6. The molecular formula is C16H19F4NO3. The topological polar surface area (TPSA) is 58.6 Å². The first-order valence-corrected chi connectivity index (χ1v) is 7.38. The average molecular weight is 349 g/mol. The van der Waals surface area contributed by atoms with Crippen LogP contribution < -0.4 is 10.1 Å². The molecule has 4 nitrogen and oxygen atoms in total. The number of ether oxygens (including phenoxy) is 1. The Balaban J connectivity index is 2.65. The summed E-state index contributed by atoms with van der Waals surface area (Å²) in [4.78, 5) is 11.2. The van der Waals surface area contributed by atoms with Crippen LogP contribution in [0.3, 0.4) is 0 Å². The Kier molecular flexibility index (Phi) is 7.54. The van der Waals surface area contributed by atoms with E-state index in [1.54, 1.807) is 6.08 Å². The van der Waals surface area contributed by atoms with Gasteiger partial charge in [0.25, 0.3) is 0 Å². The molecule has 0 fully saturated rings. The van der Waals surface area contributed by atoms with Crippen molar-refractivity contribution in [3.63, 3.8) is 0 Å². The van der Waals surface area contributed by atoms with Crippen molar-refractivity contribution in [1.82, 2.24) is 0 Å². The van der Waals surface area contributed by atoms with Gasteiger partial charge in [-0.25, -0.2) is 9.18 Å². The lowest BCUT2D eigenvalue weighted by Gasteiger charge is -2.16. The zero-order chi connectivity index (χ0) is 18.2. The summed E-state index contributed by atoms with van der Waals surface area (Å²) in [5.74, 6) is -3.31. The van der Waals surface area contributed by atoms with E-state index in [9.17, 15) is 22.4 Å². The molecule has 1 aromatic carbocycles. The third-order valence-electron chi connectivity index (χ3n) is 3.20. The number of nitrogens with one attached hydrogen (secondary N) is 1. The molecule has 0 bridgehead atoms. The second kappa shape index (κ2) is 9.14. The minimum absolute atomic E-state index is 0.0699. The average Bonchev–Trinajstić information content (AvgIpc) is 2.47. The lowest BCUT2D eigenvalue weighted by molar-refractivity contribution is -0.275. The molecule has 134 valence electrons. The van der Waals surface area contributed by atoms with Crippen molar-refractivity contribution >= 4 is 11.7 Å². The Labute approximate surface area is 137 Å². The number of unbranched alkanes of at least 4 members (excludes halogenated alkanes) is 3. The summed E-state index contributed by atoms with van der Waals surface area (Å²) in [6, 6.07) is 1.75. The molecule has 2 N–H and O–H groups in total. The van der Waals surface area contributed by atoms with E-state index in [4.69, 9.17) is 5.11 Å². The number of alkyl halides is 3. The van der Waals surface area contributed by atoms with Gasteiger partial charge < -0.3 is 15.2 Å². The zero-order valence-corrected chi connectivity index (χ0v) is 12.9. The third-order valence-corrected chi connectivity index (χ3v) is 3.20. The van der Waals surface area contributed by atoms with Crippen molar-refractivity contribution in [3.05, 3.63) is 36.7 Å². The third kappa shape index (κ3) is 7.34. The number of hydrogen-bond acceptors (Lipinski definition) is 3. The fourth-order valence-corrected chi connectivity index (χ4v) is 2.07. The van der Waals surface area contributed by atoms with Gasteiger partial charge in [-0.05, 0) is 31.4 Å². The Morgan fingerprint density at radius 1 is 1.33 bits per heavy atom. The molecule has 0 aliphatic carbocycles. The minimum atomic E-state index is -5.00. The van der Waals surface area contributed by atoms with Gasteiger partial charge in [0.05, 0.1) is 0 Å². The summed E-state index contributed by atoms with van der Waals surface area (Å²) in [6.07, 6.45) is 0.310. The van der Waals surface area contributed by atoms with Crippen molar-refractivity contribution < 1.29 is 32.2 Å². The predicted octanol–water partition coefficient (Wildman–Crippen LogP) is 4.73. The summed E-state index contributed by atoms with van der Waals surface area (Å²) in [7, 11) is 0. The lowest BCUT2D eigenvalue weighted by Crippen LogP contribution is -2.29. The number of hydrogen-bond donors (Lipinski definition) is 2. The smallest absolute Gasteiger partial charge is 0.480 e. The number of anilines is 1. The van der Waals surface area contributed by atoms with Gasteiger partial charge in [0.1, 0.15) is 6.04 Å². The second-order valence-corrected chi connectivity index (χ2v) is 5.15. The molecule has 0 radical (unpaired) electrons. The quantitative estimate of drug-likeness (QED) is 0.364. The van der Waals surface area contributed by atoms with Crippen molar-refractivity contribution in [2.24, 2.45) is 0 Å². The summed E-state index contributed by atoms with van der Waals surface area (Å²) in [5, 5.41) is 11.8. The highest BCUT2D eigenvalue weighted by Crippen LogP contribution is 2.27. The molecular weight excluding hydrogens is 330 g/mol. The molecule has 0 spiro atoms. The Morgan fingerprint density at radius 2 is 2.04 bits per heavy atom. The van der Waals surface area contributed by atoms with E-state index in [0.29, 0.717) is 12.8 Å². The summed E-state index contributed by atoms with van der Waals surface area (Å²) < 4.78 is 53.3. The van der Waals surface area contributed by atoms with E-state index in [1.807, 2.05) is 0 Å². The van der Waals surface area contributed by atoms with Crippen LogP contribution in [0, 0.1) is 5.82 Å². The van der Waals surface area contributed by atoms with Crippen LogP contribution in [0.5, 0.6) is 5.75 Å². The van der Waals surface area contributed by atoms with E-state index >= 15 is 0 Å². The molecule has 0 aromatic heterocycles. The highest BCUT2D eigenvalue weighted by atomic mass is 19.4. The molecule has 1 aromatic rings. The van der Waals surface area contributed by atoms with Crippen LogP contribution in [0.4, 0.5) is 23.2 Å². The van der Waals surface area contributed by atoms with E-state index in [1.165, 1.54) is 0 Å². The van der Waals surface area contributed by atoms with Crippen LogP contribution in [0.15, 0.2) is 30.9 Å². The molecule has 24 heavy (non-hydrogen) atoms. The monoisotopic (exact) mass is 349 g/mol. The van der Waals surface area contributed by atoms with Gasteiger partial charge in [0, 0.05) is 11.8 Å². The van der Waals surface area contributed by atoms with Crippen LogP contribution in [0.25, 0.3) is 0 Å².